The molecule has 1 aliphatic carbocycles. The number of nitrogens with two attached hydrogens (primary N) is 1. The van der Waals surface area contributed by atoms with Crippen molar-refractivity contribution < 1.29 is 14.3 Å². The van der Waals surface area contributed by atoms with Crippen LogP contribution in [0.15, 0.2) is 6.20 Å². The number of amides is 2. The van der Waals surface area contributed by atoms with Crippen LogP contribution in [0.5, 0.6) is 0 Å². The average Bonchev–Trinajstić information content (AvgIpc) is 3.23. The number of ether oxygens (including phenoxy) is 1. The van der Waals surface area contributed by atoms with E-state index in [-0.39, 0.29) is 18.0 Å². The monoisotopic (exact) mass is 348 g/mol. The summed E-state index contributed by atoms with van der Waals surface area (Å²) in [6.45, 7) is 1.49. The molecule has 0 unspecified atom stereocenters. The van der Waals surface area contributed by atoms with Gasteiger partial charge in [-0.1, -0.05) is 5.21 Å². The first-order valence-corrected chi connectivity index (χ1v) is 8.98. The molecular weight excluding hydrogens is 324 g/mol. The van der Waals surface area contributed by atoms with Crippen LogP contribution < -0.4 is 11.1 Å². The zero-order valence-electron chi connectivity index (χ0n) is 14.2. The molecule has 3 heterocycles. The van der Waals surface area contributed by atoms with Crippen molar-refractivity contribution in [2.45, 2.75) is 56.2 Å². The molecule has 1 atom stereocenters. The quantitative estimate of drug-likeness (QED) is 0.801. The van der Waals surface area contributed by atoms with Crippen LogP contribution in [0.25, 0.3) is 0 Å². The molecule has 2 amide bonds. The zero-order chi connectivity index (χ0) is 17.4. The van der Waals surface area contributed by atoms with Gasteiger partial charge in [0.15, 0.2) is 5.69 Å². The van der Waals surface area contributed by atoms with Crippen LogP contribution in [0.3, 0.4) is 0 Å². The summed E-state index contributed by atoms with van der Waals surface area (Å²) in [5.74, 6) is -0.152. The Kier molecular flexibility index (Phi) is 4.10. The second-order valence-corrected chi connectivity index (χ2v) is 7.41. The molecule has 1 aromatic heterocycles. The zero-order valence-corrected chi connectivity index (χ0v) is 14.2. The normalized spacial score (nSPS) is 32.5. The largest absolute Gasteiger partial charge is 0.439 e. The third kappa shape index (κ3) is 3.20. The molecule has 0 aromatic carbocycles. The average molecular weight is 348 g/mol. The van der Waals surface area contributed by atoms with Gasteiger partial charge in [-0.25, -0.2) is 9.48 Å². The highest BCUT2D eigenvalue weighted by Crippen LogP contribution is 2.29. The summed E-state index contributed by atoms with van der Waals surface area (Å²) in [6.07, 6.45) is 6.78. The molecular formula is C16H24N6O3. The Morgan fingerprint density at radius 3 is 2.88 bits per heavy atom. The number of likely N-dealkylation sites (tertiary alicyclic amines) is 1. The molecule has 9 nitrogen and oxygen atoms in total. The predicted molar refractivity (Wildman–Crippen MR) is 87.9 cm³/mol. The molecule has 0 bridgehead atoms. The number of aromatic nitrogens is 3. The summed E-state index contributed by atoms with van der Waals surface area (Å²) in [4.78, 5) is 25.9. The summed E-state index contributed by atoms with van der Waals surface area (Å²) in [7, 11) is 0. The molecule has 136 valence electrons. The Bertz CT molecular complexity index is 669. The number of carbonyl (C=O) groups is 2. The van der Waals surface area contributed by atoms with Crippen LogP contribution in [0.2, 0.25) is 0 Å². The van der Waals surface area contributed by atoms with Crippen LogP contribution in [0.4, 0.5) is 4.79 Å². The van der Waals surface area contributed by atoms with E-state index in [4.69, 9.17) is 10.5 Å². The van der Waals surface area contributed by atoms with Crippen LogP contribution >= 0.6 is 0 Å². The van der Waals surface area contributed by atoms with Gasteiger partial charge in [-0.05, 0) is 38.5 Å². The van der Waals surface area contributed by atoms with E-state index in [9.17, 15) is 9.59 Å². The van der Waals surface area contributed by atoms with E-state index in [1.165, 1.54) is 0 Å². The Labute approximate surface area is 145 Å². The van der Waals surface area contributed by atoms with E-state index in [1.54, 1.807) is 15.8 Å². The minimum Gasteiger partial charge on any atom is -0.439 e. The summed E-state index contributed by atoms with van der Waals surface area (Å²) in [5.41, 5.74) is 5.70. The van der Waals surface area contributed by atoms with Crippen molar-refractivity contribution in [2.75, 3.05) is 19.6 Å². The van der Waals surface area contributed by atoms with Crippen LogP contribution in [-0.4, -0.2) is 63.2 Å². The highest BCUT2D eigenvalue weighted by atomic mass is 16.6. The van der Waals surface area contributed by atoms with Crippen molar-refractivity contribution in [1.29, 1.82) is 0 Å². The highest BCUT2D eigenvalue weighted by Gasteiger charge is 2.45. The van der Waals surface area contributed by atoms with Gasteiger partial charge >= 0.3 is 6.09 Å². The van der Waals surface area contributed by atoms with Crippen molar-refractivity contribution in [1.82, 2.24) is 25.2 Å². The maximum atomic E-state index is 12.8. The van der Waals surface area contributed by atoms with Gasteiger partial charge < -0.3 is 20.7 Å². The molecule has 3 fully saturated rings. The fourth-order valence-electron chi connectivity index (χ4n) is 4.08. The Morgan fingerprint density at radius 2 is 2.16 bits per heavy atom. The van der Waals surface area contributed by atoms with Crippen LogP contribution in [0, 0.1) is 0 Å². The van der Waals surface area contributed by atoms with Gasteiger partial charge in [-0.3, -0.25) is 4.79 Å². The third-order valence-electron chi connectivity index (χ3n) is 5.54. The van der Waals surface area contributed by atoms with Crippen molar-refractivity contribution in [2.24, 2.45) is 5.73 Å². The number of carbonyl (C=O) groups excluding carboxylic acids is 2. The maximum absolute atomic E-state index is 12.8. The number of hydrogen-bond donors (Lipinski definition) is 2. The standard InChI is InChI=1S/C16H24N6O3/c17-11-2-4-12(5-3-11)22-8-13(19-20-22)14(23)21-7-1-6-16(10-21)9-18-15(24)25-16/h8,11-12H,1-7,9-10,17H2,(H,18,24)/t11?,12?,16-/m0/s1. The van der Waals surface area contributed by atoms with E-state index >= 15 is 0 Å². The van der Waals surface area contributed by atoms with Gasteiger partial charge in [0.2, 0.25) is 0 Å². The summed E-state index contributed by atoms with van der Waals surface area (Å²) in [5, 5.41) is 10.9. The van der Waals surface area contributed by atoms with Crippen molar-refractivity contribution in [3.63, 3.8) is 0 Å². The van der Waals surface area contributed by atoms with E-state index in [2.05, 4.69) is 15.6 Å². The first-order chi connectivity index (χ1) is 12.0. The number of nitrogens with one attached hydrogen (secondary N) is 1. The van der Waals surface area contributed by atoms with Crippen molar-refractivity contribution in [3.8, 4) is 0 Å². The van der Waals surface area contributed by atoms with Gasteiger partial charge in [0.1, 0.15) is 5.60 Å². The second-order valence-electron chi connectivity index (χ2n) is 7.41. The van der Waals surface area contributed by atoms with Gasteiger partial charge in [0, 0.05) is 12.6 Å². The number of hydrogen-bond acceptors (Lipinski definition) is 6. The molecule has 3 aliphatic rings. The second kappa shape index (κ2) is 6.29. The molecule has 1 spiro atoms. The van der Waals surface area contributed by atoms with Gasteiger partial charge in [0.25, 0.3) is 5.91 Å². The number of nitrogens with zero attached hydrogens (tertiary/aromatic N) is 4. The fraction of sp³-hybridized carbons (Fsp3) is 0.750. The smallest absolute Gasteiger partial charge is 0.407 e. The number of piperidine rings is 1. The Hall–Kier alpha value is -2.16. The van der Waals surface area contributed by atoms with Crippen LogP contribution in [-0.2, 0) is 4.74 Å². The minimum absolute atomic E-state index is 0.152. The molecule has 1 saturated carbocycles. The van der Waals surface area contributed by atoms with Crippen molar-refractivity contribution in [3.05, 3.63) is 11.9 Å². The lowest BCUT2D eigenvalue weighted by Gasteiger charge is -2.37. The lowest BCUT2D eigenvalue weighted by molar-refractivity contribution is -0.00524. The van der Waals surface area contributed by atoms with Gasteiger partial charge in [0.05, 0.1) is 25.3 Å². The Balaban J connectivity index is 1.43. The summed E-state index contributed by atoms with van der Waals surface area (Å²) >= 11 is 0. The van der Waals surface area contributed by atoms with Crippen LogP contribution in [0.1, 0.15) is 55.1 Å². The summed E-state index contributed by atoms with van der Waals surface area (Å²) < 4.78 is 7.22. The molecule has 9 heteroatoms. The lowest BCUT2D eigenvalue weighted by atomic mass is 9.92. The molecule has 4 rings (SSSR count). The van der Waals surface area contributed by atoms with E-state index < -0.39 is 11.7 Å². The fourth-order valence-corrected chi connectivity index (χ4v) is 4.08. The molecule has 0 radical (unpaired) electrons. The molecule has 25 heavy (non-hydrogen) atoms. The lowest BCUT2D eigenvalue weighted by Crippen LogP contribution is -2.52. The minimum atomic E-state index is -0.597. The van der Waals surface area contributed by atoms with Gasteiger partial charge in [-0.2, -0.15) is 0 Å². The third-order valence-corrected chi connectivity index (χ3v) is 5.54. The topological polar surface area (TPSA) is 115 Å². The maximum Gasteiger partial charge on any atom is 0.407 e. The van der Waals surface area contributed by atoms with Crippen molar-refractivity contribution >= 4 is 12.0 Å². The highest BCUT2D eigenvalue weighted by molar-refractivity contribution is 5.92. The molecule has 1 aromatic rings. The first kappa shape index (κ1) is 16.3. The first-order valence-electron chi connectivity index (χ1n) is 8.98. The van der Waals surface area contributed by atoms with E-state index in [1.807, 2.05) is 0 Å². The Morgan fingerprint density at radius 1 is 1.36 bits per heavy atom. The van der Waals surface area contributed by atoms with Gasteiger partial charge in [-0.15, -0.1) is 5.10 Å². The SMILES string of the molecule is NC1CCC(n2cc(C(=O)N3CCC[C@]4(CNC(=O)O4)C3)nn2)CC1. The summed E-state index contributed by atoms with van der Waals surface area (Å²) in [6, 6.07) is 0.537. The predicted octanol–water partition coefficient (Wildman–Crippen LogP) is 0.435. The van der Waals surface area contributed by atoms with E-state index in [0.717, 1.165) is 38.5 Å². The van der Waals surface area contributed by atoms with E-state index in [0.29, 0.717) is 25.3 Å². The molecule has 3 N–H and O–H groups in total. The molecule has 2 aliphatic heterocycles. The number of alkyl carbamates (subject to hydrolysis) is 1. The molecule has 2 saturated heterocycles. The number of rotatable bonds is 2.